The highest BCUT2D eigenvalue weighted by Crippen LogP contribution is 2.42. The molecule has 0 aromatic carbocycles. The van der Waals surface area contributed by atoms with E-state index in [1.54, 1.807) is 25.6 Å². The first-order valence-electron chi connectivity index (χ1n) is 13.2. The fourth-order valence-corrected chi connectivity index (χ4v) is 5.15. The molecule has 212 valence electrons. The minimum absolute atomic E-state index is 0.0475. The Morgan fingerprint density at radius 3 is 2.62 bits per heavy atom. The highest BCUT2D eigenvalue weighted by Gasteiger charge is 2.38. The van der Waals surface area contributed by atoms with Crippen LogP contribution in [0.2, 0.25) is 5.15 Å². The number of hydrogen-bond donors (Lipinski definition) is 3. The summed E-state index contributed by atoms with van der Waals surface area (Å²) in [5.41, 5.74) is 10.7. The largest absolute Gasteiger partial charge is 0.496 e. The van der Waals surface area contributed by atoms with Gasteiger partial charge in [0.25, 0.3) is 11.8 Å². The number of likely N-dealkylation sites (N-methyl/N-ethyl adjacent to an activating group) is 1. The number of carbonyl (C=O) groups is 2. The number of carbonyl (C=O) groups excluding carboxylic acids is 2. The van der Waals surface area contributed by atoms with E-state index in [0.717, 1.165) is 30.8 Å². The summed E-state index contributed by atoms with van der Waals surface area (Å²) in [4.78, 5) is 46.5. The standard InChI is InChI=1S/C28H35ClN8O3/c1-7-36(8-2)10-9-31-26(38)19-13-33-20(16(19)4)11-18-22-24(29)34-28(30)35-25(22)37(27(18)39)14-21-17(5)23(40-6)15(3)12-32-21/h11-13,33H,7-10,14H2,1-6H3,(H,31,38)(H2,30,34,35)/b18-11+. The van der Waals surface area contributed by atoms with Crippen molar-refractivity contribution >= 4 is 46.8 Å². The van der Waals surface area contributed by atoms with Crippen LogP contribution in [0.15, 0.2) is 12.4 Å². The molecule has 1 aliphatic heterocycles. The molecule has 3 aromatic rings. The van der Waals surface area contributed by atoms with Crippen molar-refractivity contribution in [2.45, 2.75) is 41.2 Å². The number of nitrogens with two attached hydrogens (primary N) is 1. The third-order valence-electron chi connectivity index (χ3n) is 7.24. The maximum atomic E-state index is 13.8. The highest BCUT2D eigenvalue weighted by molar-refractivity contribution is 6.41. The summed E-state index contributed by atoms with van der Waals surface area (Å²) < 4.78 is 5.54. The predicted octanol–water partition coefficient (Wildman–Crippen LogP) is 3.53. The van der Waals surface area contributed by atoms with E-state index < -0.39 is 0 Å². The average molecular weight is 567 g/mol. The maximum Gasteiger partial charge on any atom is 0.260 e. The van der Waals surface area contributed by atoms with Crippen LogP contribution >= 0.6 is 11.6 Å². The summed E-state index contributed by atoms with van der Waals surface area (Å²) in [5, 5.41) is 3.03. The van der Waals surface area contributed by atoms with Crippen molar-refractivity contribution in [3.63, 3.8) is 0 Å². The zero-order valence-corrected chi connectivity index (χ0v) is 24.4. The molecule has 0 unspecified atom stereocenters. The van der Waals surface area contributed by atoms with Gasteiger partial charge in [0, 0.05) is 42.3 Å². The molecule has 1 aliphatic rings. The molecular formula is C28H35ClN8O3. The fourth-order valence-electron chi connectivity index (χ4n) is 4.88. The fraction of sp³-hybridized carbons (Fsp3) is 0.393. The lowest BCUT2D eigenvalue weighted by Crippen LogP contribution is -2.34. The third-order valence-corrected chi connectivity index (χ3v) is 7.52. The molecule has 3 aromatic heterocycles. The van der Waals surface area contributed by atoms with Crippen LogP contribution < -0.4 is 20.7 Å². The Kier molecular flexibility index (Phi) is 8.75. The normalized spacial score (nSPS) is 13.8. The van der Waals surface area contributed by atoms with E-state index in [9.17, 15) is 9.59 Å². The van der Waals surface area contributed by atoms with Gasteiger partial charge in [-0.1, -0.05) is 25.4 Å². The average Bonchev–Trinajstić information content (AvgIpc) is 3.41. The van der Waals surface area contributed by atoms with Crippen LogP contribution in [0.3, 0.4) is 0 Å². The van der Waals surface area contributed by atoms with Gasteiger partial charge in [-0.2, -0.15) is 4.98 Å². The number of nitrogens with one attached hydrogen (secondary N) is 2. The van der Waals surface area contributed by atoms with Gasteiger partial charge in [-0.15, -0.1) is 0 Å². The van der Waals surface area contributed by atoms with E-state index in [0.29, 0.717) is 46.2 Å². The Balaban J connectivity index is 1.66. The van der Waals surface area contributed by atoms with Crippen molar-refractivity contribution in [2.24, 2.45) is 0 Å². The molecule has 4 rings (SSSR count). The summed E-state index contributed by atoms with van der Waals surface area (Å²) in [5.74, 6) is 0.436. The van der Waals surface area contributed by atoms with Gasteiger partial charge in [0.1, 0.15) is 10.9 Å². The molecule has 11 nitrogen and oxygen atoms in total. The number of ether oxygens (including phenoxy) is 1. The van der Waals surface area contributed by atoms with E-state index in [1.807, 2.05) is 20.8 Å². The molecule has 2 amide bonds. The van der Waals surface area contributed by atoms with Gasteiger partial charge in [0.15, 0.2) is 5.82 Å². The second-order valence-corrected chi connectivity index (χ2v) is 9.95. The quantitative estimate of drug-likeness (QED) is 0.250. The second kappa shape index (κ2) is 12.1. The number of pyridine rings is 1. The monoisotopic (exact) mass is 566 g/mol. The number of H-pyrrole nitrogens is 1. The molecule has 4 N–H and O–H groups in total. The number of aryl methyl sites for hydroxylation is 1. The number of halogens is 1. The first-order valence-corrected chi connectivity index (χ1v) is 13.5. The van der Waals surface area contributed by atoms with E-state index in [1.165, 1.54) is 4.90 Å². The van der Waals surface area contributed by atoms with Crippen LogP contribution in [-0.4, -0.2) is 69.9 Å². The van der Waals surface area contributed by atoms with Gasteiger partial charge >= 0.3 is 0 Å². The number of fused-ring (bicyclic) bond motifs is 1. The molecule has 40 heavy (non-hydrogen) atoms. The Morgan fingerprint density at radius 2 is 1.95 bits per heavy atom. The molecule has 0 radical (unpaired) electrons. The Bertz CT molecular complexity index is 1480. The molecule has 0 aliphatic carbocycles. The first kappa shape index (κ1) is 29.0. The number of nitrogens with zero attached hydrogens (tertiary/aromatic N) is 5. The first-order chi connectivity index (χ1) is 19.1. The van der Waals surface area contributed by atoms with Crippen LogP contribution in [0.5, 0.6) is 5.75 Å². The molecule has 12 heteroatoms. The van der Waals surface area contributed by atoms with Gasteiger partial charge in [-0.05, 0) is 45.5 Å². The number of hydrogen-bond acceptors (Lipinski definition) is 8. The van der Waals surface area contributed by atoms with Crippen LogP contribution in [-0.2, 0) is 11.3 Å². The Hall–Kier alpha value is -3.96. The molecule has 0 fully saturated rings. The van der Waals surface area contributed by atoms with Gasteiger partial charge in [0.2, 0.25) is 5.95 Å². The summed E-state index contributed by atoms with van der Waals surface area (Å²) in [6.07, 6.45) is 5.02. The molecule has 0 spiro atoms. The number of aromatic nitrogens is 4. The van der Waals surface area contributed by atoms with Gasteiger partial charge in [0.05, 0.1) is 36.0 Å². The molecular weight excluding hydrogens is 532 g/mol. The molecule has 0 atom stereocenters. The number of rotatable bonds is 10. The summed E-state index contributed by atoms with van der Waals surface area (Å²) in [7, 11) is 1.60. The summed E-state index contributed by atoms with van der Waals surface area (Å²) in [6.45, 7) is 13.1. The Morgan fingerprint density at radius 1 is 1.23 bits per heavy atom. The lowest BCUT2D eigenvalue weighted by Gasteiger charge is -2.19. The summed E-state index contributed by atoms with van der Waals surface area (Å²) in [6, 6.07) is 0. The number of amides is 2. The summed E-state index contributed by atoms with van der Waals surface area (Å²) >= 11 is 6.51. The zero-order valence-electron chi connectivity index (χ0n) is 23.7. The molecule has 0 saturated heterocycles. The molecule has 0 bridgehead atoms. The number of anilines is 2. The second-order valence-electron chi connectivity index (χ2n) is 9.59. The van der Waals surface area contributed by atoms with Crippen LogP contribution in [0.25, 0.3) is 11.6 Å². The SMILES string of the molecule is CCN(CC)CCNC(=O)c1c[nH]c(/C=C2/C(=O)N(Cc3ncc(C)c(OC)c3C)c3nc(N)nc(Cl)c32)c1C. The minimum atomic E-state index is -0.336. The lowest BCUT2D eigenvalue weighted by atomic mass is 10.1. The van der Waals surface area contributed by atoms with E-state index in [-0.39, 0.29) is 35.0 Å². The van der Waals surface area contributed by atoms with Gasteiger partial charge < -0.3 is 25.7 Å². The van der Waals surface area contributed by atoms with Crippen molar-refractivity contribution in [3.05, 3.63) is 56.8 Å². The van der Waals surface area contributed by atoms with Gasteiger partial charge in [-0.3, -0.25) is 19.5 Å². The molecule has 4 heterocycles. The van der Waals surface area contributed by atoms with Crippen LogP contribution in [0, 0.1) is 20.8 Å². The topological polar surface area (TPSA) is 142 Å². The number of methoxy groups -OCH3 is 1. The van der Waals surface area contributed by atoms with E-state index in [2.05, 4.69) is 44.0 Å². The minimum Gasteiger partial charge on any atom is -0.496 e. The van der Waals surface area contributed by atoms with E-state index >= 15 is 0 Å². The van der Waals surface area contributed by atoms with Crippen molar-refractivity contribution in [1.29, 1.82) is 0 Å². The zero-order chi connectivity index (χ0) is 29.1. The highest BCUT2D eigenvalue weighted by atomic mass is 35.5. The number of nitrogen functional groups attached to an aromatic ring is 1. The van der Waals surface area contributed by atoms with E-state index in [4.69, 9.17) is 22.1 Å². The predicted molar refractivity (Wildman–Crippen MR) is 156 cm³/mol. The van der Waals surface area contributed by atoms with Crippen LogP contribution in [0.1, 0.15) is 57.8 Å². The van der Waals surface area contributed by atoms with Gasteiger partial charge in [-0.25, -0.2) is 4.98 Å². The molecule has 0 saturated carbocycles. The smallest absolute Gasteiger partial charge is 0.260 e. The van der Waals surface area contributed by atoms with Crippen molar-refractivity contribution in [2.75, 3.05) is 43.9 Å². The van der Waals surface area contributed by atoms with Crippen molar-refractivity contribution < 1.29 is 14.3 Å². The van der Waals surface area contributed by atoms with Crippen LogP contribution in [0.4, 0.5) is 11.8 Å². The third kappa shape index (κ3) is 5.52. The van der Waals surface area contributed by atoms with Crippen molar-refractivity contribution in [3.8, 4) is 5.75 Å². The van der Waals surface area contributed by atoms with Crippen molar-refractivity contribution in [1.82, 2.24) is 30.2 Å². The Labute approximate surface area is 238 Å². The lowest BCUT2D eigenvalue weighted by molar-refractivity contribution is -0.113. The maximum absolute atomic E-state index is 13.8. The number of aromatic amines is 1.